The second-order valence-corrected chi connectivity index (χ2v) is 9.63. The molecule has 2 N–H and O–H groups in total. The van der Waals surface area contributed by atoms with Crippen molar-refractivity contribution in [3.05, 3.63) is 38.6 Å². The molecule has 0 aliphatic carbocycles. The topological polar surface area (TPSA) is 74.8 Å². The van der Waals surface area contributed by atoms with E-state index in [2.05, 4.69) is 35.2 Å². The zero-order valence-corrected chi connectivity index (χ0v) is 18.1. The Morgan fingerprint density at radius 1 is 1.41 bits per heavy atom. The van der Waals surface area contributed by atoms with Gasteiger partial charge in [0.15, 0.2) is 0 Å². The molecule has 144 valence electrons. The fourth-order valence-electron chi connectivity index (χ4n) is 2.88. The second-order valence-electron chi connectivity index (χ2n) is 6.50. The smallest absolute Gasteiger partial charge is 0.260 e. The zero-order chi connectivity index (χ0) is 19.4. The van der Waals surface area contributed by atoms with Gasteiger partial charge in [0.25, 0.3) is 5.56 Å². The van der Waals surface area contributed by atoms with Gasteiger partial charge in [-0.1, -0.05) is 13.3 Å². The molecule has 0 spiro atoms. The summed E-state index contributed by atoms with van der Waals surface area (Å²) in [4.78, 5) is 35.1. The highest BCUT2D eigenvalue weighted by molar-refractivity contribution is 7.99. The highest BCUT2D eigenvalue weighted by atomic mass is 32.2. The third-order valence-electron chi connectivity index (χ3n) is 4.10. The van der Waals surface area contributed by atoms with E-state index in [-0.39, 0.29) is 17.5 Å². The molecule has 0 radical (unpaired) electrons. The predicted octanol–water partition coefficient (Wildman–Crippen LogP) is 4.56. The molecule has 0 aliphatic heterocycles. The predicted molar refractivity (Wildman–Crippen MR) is 117 cm³/mol. The first kappa shape index (κ1) is 20.1. The summed E-state index contributed by atoms with van der Waals surface area (Å²) in [5, 5.41) is 5.63. The van der Waals surface area contributed by atoms with E-state index in [1.165, 1.54) is 28.0 Å². The van der Waals surface area contributed by atoms with Gasteiger partial charge in [0.2, 0.25) is 5.91 Å². The van der Waals surface area contributed by atoms with Crippen molar-refractivity contribution < 1.29 is 4.79 Å². The van der Waals surface area contributed by atoms with E-state index in [1.807, 2.05) is 18.4 Å². The van der Waals surface area contributed by atoms with Crippen LogP contribution in [-0.2, 0) is 10.5 Å². The van der Waals surface area contributed by atoms with Gasteiger partial charge in [-0.05, 0) is 32.4 Å². The van der Waals surface area contributed by atoms with E-state index < -0.39 is 0 Å². The number of rotatable bonds is 8. The molecule has 0 saturated carbocycles. The van der Waals surface area contributed by atoms with Crippen molar-refractivity contribution in [2.24, 2.45) is 0 Å². The van der Waals surface area contributed by atoms with Crippen molar-refractivity contribution in [1.82, 2.24) is 15.3 Å². The number of thioether (sulfide) groups is 1. The van der Waals surface area contributed by atoms with Crippen LogP contribution in [-0.4, -0.2) is 27.7 Å². The van der Waals surface area contributed by atoms with E-state index in [1.54, 1.807) is 11.3 Å². The summed E-state index contributed by atoms with van der Waals surface area (Å²) in [5.74, 6) is 1.50. The normalized spacial score (nSPS) is 12.4. The van der Waals surface area contributed by atoms with Crippen LogP contribution in [0.5, 0.6) is 0 Å². The van der Waals surface area contributed by atoms with Crippen LogP contribution in [0.15, 0.2) is 22.3 Å². The van der Waals surface area contributed by atoms with E-state index in [9.17, 15) is 9.59 Å². The molecule has 3 aromatic rings. The number of nitrogens with zero attached hydrogens (tertiary/aromatic N) is 1. The lowest BCUT2D eigenvalue weighted by Gasteiger charge is -2.12. The van der Waals surface area contributed by atoms with Gasteiger partial charge in [-0.2, -0.15) is 0 Å². The van der Waals surface area contributed by atoms with Gasteiger partial charge < -0.3 is 10.3 Å². The number of fused-ring (bicyclic) bond motifs is 1. The molecule has 3 heterocycles. The van der Waals surface area contributed by atoms with Gasteiger partial charge >= 0.3 is 0 Å². The largest absolute Gasteiger partial charge is 0.353 e. The number of hydrogen-bond acceptors (Lipinski definition) is 6. The molecule has 0 aromatic carbocycles. The van der Waals surface area contributed by atoms with Crippen molar-refractivity contribution in [3.8, 4) is 10.4 Å². The van der Waals surface area contributed by atoms with Gasteiger partial charge in [-0.25, -0.2) is 4.98 Å². The van der Waals surface area contributed by atoms with Gasteiger partial charge in [-0.3, -0.25) is 9.59 Å². The number of amides is 1. The third kappa shape index (κ3) is 5.00. The first-order chi connectivity index (χ1) is 13.0. The molecule has 8 heteroatoms. The fourth-order valence-corrected chi connectivity index (χ4v) is 5.51. The van der Waals surface area contributed by atoms with Crippen LogP contribution in [0.2, 0.25) is 0 Å². The molecular formula is C19H23N3O2S3. The van der Waals surface area contributed by atoms with Gasteiger partial charge in [0, 0.05) is 26.7 Å². The molecule has 0 aliphatic rings. The molecule has 0 bridgehead atoms. The molecule has 0 fully saturated rings. The Hall–Kier alpha value is -1.64. The van der Waals surface area contributed by atoms with Crippen LogP contribution < -0.4 is 10.9 Å². The summed E-state index contributed by atoms with van der Waals surface area (Å²) in [5.41, 5.74) is 0.837. The maximum absolute atomic E-state index is 12.6. The molecule has 1 amide bonds. The number of thiophene rings is 2. The summed E-state index contributed by atoms with van der Waals surface area (Å²) in [6, 6.07) is 4.30. The number of carbonyl (C=O) groups excluding carboxylic acids is 1. The average Bonchev–Trinajstić information content (AvgIpc) is 3.21. The minimum absolute atomic E-state index is 0.0239. The van der Waals surface area contributed by atoms with Crippen LogP contribution >= 0.6 is 34.4 Å². The first-order valence-corrected chi connectivity index (χ1v) is 11.8. The molecule has 0 saturated heterocycles. The van der Waals surface area contributed by atoms with Crippen molar-refractivity contribution >= 4 is 50.6 Å². The van der Waals surface area contributed by atoms with Crippen LogP contribution in [0, 0.1) is 6.92 Å². The van der Waals surface area contributed by atoms with E-state index >= 15 is 0 Å². The Balaban J connectivity index is 1.67. The van der Waals surface area contributed by atoms with E-state index in [0.29, 0.717) is 22.7 Å². The lowest BCUT2D eigenvalue weighted by atomic mass is 10.2. The molecule has 27 heavy (non-hydrogen) atoms. The molecule has 3 rings (SSSR count). The standard InChI is InChI=1S/C19H23N3O2S3/c1-4-5-11(2)20-16(23)10-25-9-15-21-18(24)17-13(8-26-19(17)22-15)14-7-6-12(3)27-14/h6-8,11H,4-5,9-10H2,1-3H3,(H,20,23)(H,21,22,24)/t11-/m0/s1. The number of H-pyrrole nitrogens is 1. The third-order valence-corrected chi connectivity index (χ3v) is 6.95. The lowest BCUT2D eigenvalue weighted by molar-refractivity contribution is -0.119. The summed E-state index contributed by atoms with van der Waals surface area (Å²) in [6.45, 7) is 6.17. The molecular weight excluding hydrogens is 398 g/mol. The average molecular weight is 422 g/mol. The van der Waals surface area contributed by atoms with E-state index in [0.717, 1.165) is 28.1 Å². The van der Waals surface area contributed by atoms with Crippen LogP contribution in [0.4, 0.5) is 0 Å². The highest BCUT2D eigenvalue weighted by Crippen LogP contribution is 2.35. The SMILES string of the molecule is CCC[C@H](C)NC(=O)CSCc1nc2scc(-c3ccc(C)s3)c2c(=O)[nH]1. The minimum atomic E-state index is -0.112. The first-order valence-electron chi connectivity index (χ1n) is 8.92. The van der Waals surface area contributed by atoms with Crippen LogP contribution in [0.1, 0.15) is 37.4 Å². The summed E-state index contributed by atoms with van der Waals surface area (Å²) in [7, 11) is 0. The Labute approximate surface area is 170 Å². The highest BCUT2D eigenvalue weighted by Gasteiger charge is 2.14. The molecule has 3 aromatic heterocycles. The quantitative estimate of drug-likeness (QED) is 0.559. The number of aromatic amines is 1. The molecule has 1 atom stereocenters. The molecule has 5 nitrogen and oxygen atoms in total. The van der Waals surface area contributed by atoms with Gasteiger partial charge in [-0.15, -0.1) is 34.4 Å². The van der Waals surface area contributed by atoms with Gasteiger partial charge in [0.05, 0.1) is 16.9 Å². The Kier molecular flexibility index (Phi) is 6.73. The summed E-state index contributed by atoms with van der Waals surface area (Å²) < 4.78 is 0. The fraction of sp³-hybridized carbons (Fsp3) is 0.421. The Bertz CT molecular complexity index is 990. The van der Waals surface area contributed by atoms with Gasteiger partial charge in [0.1, 0.15) is 10.7 Å². The number of aryl methyl sites for hydroxylation is 1. The van der Waals surface area contributed by atoms with Crippen LogP contribution in [0.25, 0.3) is 20.7 Å². The van der Waals surface area contributed by atoms with Crippen molar-refractivity contribution in [2.45, 2.75) is 45.4 Å². The second kappa shape index (κ2) is 9.03. The van der Waals surface area contributed by atoms with Crippen molar-refractivity contribution in [3.63, 3.8) is 0 Å². The lowest BCUT2D eigenvalue weighted by Crippen LogP contribution is -2.33. The molecule has 0 unspecified atom stereocenters. The van der Waals surface area contributed by atoms with E-state index in [4.69, 9.17) is 0 Å². The van der Waals surface area contributed by atoms with Crippen molar-refractivity contribution in [1.29, 1.82) is 0 Å². The Morgan fingerprint density at radius 2 is 2.22 bits per heavy atom. The summed E-state index contributed by atoms with van der Waals surface area (Å²) in [6.07, 6.45) is 2.03. The Morgan fingerprint density at radius 3 is 2.93 bits per heavy atom. The maximum Gasteiger partial charge on any atom is 0.260 e. The summed E-state index contributed by atoms with van der Waals surface area (Å²) >= 11 is 4.62. The maximum atomic E-state index is 12.6. The minimum Gasteiger partial charge on any atom is -0.353 e. The number of aromatic nitrogens is 2. The number of hydrogen-bond donors (Lipinski definition) is 2. The number of carbonyl (C=O) groups is 1. The number of nitrogens with one attached hydrogen (secondary N) is 2. The van der Waals surface area contributed by atoms with Crippen molar-refractivity contribution in [2.75, 3.05) is 5.75 Å². The zero-order valence-electron chi connectivity index (χ0n) is 15.6. The van der Waals surface area contributed by atoms with Crippen LogP contribution in [0.3, 0.4) is 0 Å². The monoisotopic (exact) mass is 421 g/mol.